The Morgan fingerprint density at radius 1 is 0.931 bits per heavy atom. The van der Waals surface area contributed by atoms with Crippen molar-refractivity contribution in [2.24, 2.45) is 0 Å². The fraction of sp³-hybridized carbons (Fsp3) is 0.0500. The lowest BCUT2D eigenvalue weighted by Crippen LogP contribution is -2.14. The zero-order chi connectivity index (χ0) is 20.2. The van der Waals surface area contributed by atoms with E-state index in [1.807, 2.05) is 0 Å². The van der Waals surface area contributed by atoms with Gasteiger partial charge in [-0.3, -0.25) is 0 Å². The van der Waals surface area contributed by atoms with E-state index >= 15 is 0 Å². The molecule has 0 aliphatic carbocycles. The molecule has 3 heterocycles. The van der Waals surface area contributed by atoms with Crippen LogP contribution in [-0.2, 0) is 6.18 Å². The topological polar surface area (TPSA) is 79.4 Å². The fourth-order valence-electron chi connectivity index (χ4n) is 3.27. The van der Waals surface area contributed by atoms with Crippen molar-refractivity contribution in [3.8, 4) is 17.1 Å². The van der Waals surface area contributed by atoms with Gasteiger partial charge in [-0.25, -0.2) is 19.3 Å². The summed E-state index contributed by atoms with van der Waals surface area (Å²) >= 11 is 0. The molecule has 144 valence electrons. The predicted octanol–water partition coefficient (Wildman–Crippen LogP) is 4.28. The van der Waals surface area contributed by atoms with Crippen LogP contribution in [0.5, 0.6) is 0 Å². The number of aromatic amines is 2. The lowest BCUT2D eigenvalue weighted by Gasteiger charge is -2.05. The molecular weight excluding hydrogens is 383 g/mol. The first kappa shape index (κ1) is 17.2. The molecule has 5 aromatic rings. The molecule has 2 N–H and O–H groups in total. The zero-order valence-corrected chi connectivity index (χ0v) is 14.7. The van der Waals surface area contributed by atoms with Gasteiger partial charge in [-0.2, -0.15) is 13.2 Å². The fourth-order valence-corrected chi connectivity index (χ4v) is 3.27. The minimum absolute atomic E-state index is 0.302. The largest absolute Gasteiger partial charge is 0.416 e. The molecule has 3 aromatic heterocycles. The van der Waals surface area contributed by atoms with Crippen LogP contribution < -0.4 is 5.69 Å². The quantitative estimate of drug-likeness (QED) is 0.468. The molecule has 9 heteroatoms. The van der Waals surface area contributed by atoms with Crippen molar-refractivity contribution >= 4 is 22.2 Å². The van der Waals surface area contributed by atoms with E-state index in [-0.39, 0.29) is 5.69 Å². The number of nitrogens with one attached hydrogen (secondary N) is 2. The van der Waals surface area contributed by atoms with Crippen LogP contribution in [0, 0.1) is 0 Å². The van der Waals surface area contributed by atoms with E-state index in [0.29, 0.717) is 39.3 Å². The molecule has 0 radical (unpaired) electrons. The molecule has 0 unspecified atom stereocenters. The molecule has 6 nitrogen and oxygen atoms in total. The van der Waals surface area contributed by atoms with E-state index in [1.54, 1.807) is 42.6 Å². The first-order chi connectivity index (χ1) is 13.9. The molecule has 0 aliphatic rings. The Labute approximate surface area is 160 Å². The average Bonchev–Trinajstić information content (AvgIpc) is 3.27. The number of alkyl halides is 3. The summed E-state index contributed by atoms with van der Waals surface area (Å²) in [6, 6.07) is 13.8. The van der Waals surface area contributed by atoms with Gasteiger partial charge in [0, 0.05) is 11.8 Å². The van der Waals surface area contributed by atoms with Gasteiger partial charge in [0.05, 0.1) is 27.8 Å². The monoisotopic (exact) mass is 395 g/mol. The molecule has 0 amide bonds. The first-order valence-corrected chi connectivity index (χ1v) is 8.64. The molecule has 29 heavy (non-hydrogen) atoms. The highest BCUT2D eigenvalue weighted by Crippen LogP contribution is 2.31. The Morgan fingerprint density at radius 2 is 1.72 bits per heavy atom. The van der Waals surface area contributed by atoms with Crippen LogP contribution in [-0.4, -0.2) is 24.5 Å². The molecule has 0 saturated carbocycles. The summed E-state index contributed by atoms with van der Waals surface area (Å²) in [5.41, 5.74) is 2.12. The molecule has 2 aromatic carbocycles. The lowest BCUT2D eigenvalue weighted by atomic mass is 10.2. The van der Waals surface area contributed by atoms with Gasteiger partial charge in [0.25, 0.3) is 0 Å². The molecular formula is C20H12F3N5O. The minimum Gasteiger partial charge on any atom is -0.338 e. The van der Waals surface area contributed by atoms with E-state index in [2.05, 4.69) is 19.9 Å². The van der Waals surface area contributed by atoms with E-state index in [1.165, 1.54) is 10.6 Å². The molecule has 0 bridgehead atoms. The van der Waals surface area contributed by atoms with Gasteiger partial charge >= 0.3 is 11.9 Å². The summed E-state index contributed by atoms with van der Waals surface area (Å²) in [5, 5.41) is 0. The number of H-pyrrole nitrogens is 2. The number of benzene rings is 2. The van der Waals surface area contributed by atoms with Crippen molar-refractivity contribution in [1.82, 2.24) is 24.5 Å². The van der Waals surface area contributed by atoms with E-state index in [9.17, 15) is 18.0 Å². The number of rotatable bonds is 2. The number of nitrogens with zero attached hydrogens (tertiary/aromatic N) is 3. The van der Waals surface area contributed by atoms with Crippen LogP contribution in [0.4, 0.5) is 13.2 Å². The van der Waals surface area contributed by atoms with Gasteiger partial charge in [-0.1, -0.05) is 0 Å². The normalized spacial score (nSPS) is 12.1. The van der Waals surface area contributed by atoms with Crippen LogP contribution in [0.2, 0.25) is 0 Å². The summed E-state index contributed by atoms with van der Waals surface area (Å²) in [6.07, 6.45) is -2.81. The second kappa shape index (κ2) is 6.06. The number of halogens is 3. The SMILES string of the molecule is O=c1[nH]c2cccnc2n1-c1ccc(-c2nc3ccc(C(F)(F)F)cc3[nH]2)cc1. The van der Waals surface area contributed by atoms with Crippen molar-refractivity contribution in [3.63, 3.8) is 0 Å². The van der Waals surface area contributed by atoms with E-state index in [4.69, 9.17) is 0 Å². The van der Waals surface area contributed by atoms with Crippen LogP contribution in [0.1, 0.15) is 5.56 Å². The Morgan fingerprint density at radius 3 is 2.48 bits per heavy atom. The summed E-state index contributed by atoms with van der Waals surface area (Å²) in [6.45, 7) is 0. The maximum atomic E-state index is 12.9. The van der Waals surface area contributed by atoms with Gasteiger partial charge in [0.1, 0.15) is 5.82 Å². The third kappa shape index (κ3) is 2.87. The third-order valence-corrected chi connectivity index (χ3v) is 4.65. The molecule has 5 rings (SSSR count). The predicted molar refractivity (Wildman–Crippen MR) is 102 cm³/mol. The number of hydrogen-bond donors (Lipinski definition) is 2. The van der Waals surface area contributed by atoms with Crippen LogP contribution >= 0.6 is 0 Å². The van der Waals surface area contributed by atoms with Crippen molar-refractivity contribution in [3.05, 3.63) is 76.8 Å². The number of hydrogen-bond acceptors (Lipinski definition) is 3. The standard InChI is InChI=1S/C20H12F3N5O/c21-20(22,23)12-5-8-14-16(10-12)26-17(25-14)11-3-6-13(7-4-11)28-18-15(27-19(28)29)2-1-9-24-18/h1-10H,(H,25,26)(H,27,29). The van der Waals surface area contributed by atoms with Crippen LogP contribution in [0.25, 0.3) is 39.3 Å². The van der Waals surface area contributed by atoms with Gasteiger partial charge in [0.15, 0.2) is 5.65 Å². The smallest absolute Gasteiger partial charge is 0.338 e. The van der Waals surface area contributed by atoms with Crippen molar-refractivity contribution in [1.29, 1.82) is 0 Å². The number of aromatic nitrogens is 5. The molecule has 0 atom stereocenters. The minimum atomic E-state index is -4.41. The first-order valence-electron chi connectivity index (χ1n) is 8.64. The Hall–Kier alpha value is -3.88. The van der Waals surface area contributed by atoms with Gasteiger partial charge in [-0.15, -0.1) is 0 Å². The molecule has 0 saturated heterocycles. The summed E-state index contributed by atoms with van der Waals surface area (Å²) in [5.74, 6) is 0.440. The van der Waals surface area contributed by atoms with E-state index < -0.39 is 11.7 Å². The maximum absolute atomic E-state index is 12.9. The number of fused-ring (bicyclic) bond motifs is 2. The Kier molecular flexibility index (Phi) is 3.60. The maximum Gasteiger partial charge on any atom is 0.416 e. The van der Waals surface area contributed by atoms with Crippen molar-refractivity contribution < 1.29 is 13.2 Å². The highest BCUT2D eigenvalue weighted by atomic mass is 19.4. The molecule has 0 fully saturated rings. The van der Waals surface area contributed by atoms with Gasteiger partial charge < -0.3 is 9.97 Å². The Bertz CT molecular complexity index is 1410. The lowest BCUT2D eigenvalue weighted by molar-refractivity contribution is -0.137. The zero-order valence-electron chi connectivity index (χ0n) is 14.7. The highest BCUT2D eigenvalue weighted by Gasteiger charge is 2.30. The number of imidazole rings is 2. The molecule has 0 aliphatic heterocycles. The molecule has 0 spiro atoms. The Balaban J connectivity index is 1.55. The summed E-state index contributed by atoms with van der Waals surface area (Å²) < 4.78 is 40.1. The average molecular weight is 395 g/mol. The summed E-state index contributed by atoms with van der Waals surface area (Å²) in [4.78, 5) is 26.5. The van der Waals surface area contributed by atoms with Crippen molar-refractivity contribution in [2.45, 2.75) is 6.18 Å². The van der Waals surface area contributed by atoms with Crippen LogP contribution in [0.3, 0.4) is 0 Å². The highest BCUT2D eigenvalue weighted by molar-refractivity contribution is 5.80. The summed E-state index contributed by atoms with van der Waals surface area (Å²) in [7, 11) is 0. The van der Waals surface area contributed by atoms with Gasteiger partial charge in [-0.05, 0) is 54.6 Å². The van der Waals surface area contributed by atoms with Crippen molar-refractivity contribution in [2.75, 3.05) is 0 Å². The number of pyridine rings is 1. The van der Waals surface area contributed by atoms with Gasteiger partial charge in [0.2, 0.25) is 0 Å². The van der Waals surface area contributed by atoms with Crippen LogP contribution in [0.15, 0.2) is 65.6 Å². The van der Waals surface area contributed by atoms with E-state index in [0.717, 1.165) is 12.1 Å². The third-order valence-electron chi connectivity index (χ3n) is 4.65. The second-order valence-electron chi connectivity index (χ2n) is 6.50. The second-order valence-corrected chi connectivity index (χ2v) is 6.50.